The highest BCUT2D eigenvalue weighted by Gasteiger charge is 2.21. The predicted molar refractivity (Wildman–Crippen MR) is 52.7 cm³/mol. The van der Waals surface area contributed by atoms with Crippen molar-refractivity contribution in [2.24, 2.45) is 5.41 Å². The molecule has 0 saturated carbocycles. The molecule has 3 nitrogen and oxygen atoms in total. The molecule has 0 bridgehead atoms. The molecule has 0 aromatic carbocycles. The van der Waals surface area contributed by atoms with E-state index >= 15 is 0 Å². The first-order chi connectivity index (χ1) is 6.14. The van der Waals surface area contributed by atoms with Crippen LogP contribution < -0.4 is 0 Å². The summed E-state index contributed by atoms with van der Waals surface area (Å²) in [5, 5.41) is 9.14. The maximum absolute atomic E-state index is 9.14. The van der Waals surface area contributed by atoms with Crippen LogP contribution >= 0.6 is 0 Å². The van der Waals surface area contributed by atoms with Gasteiger partial charge in [-0.15, -0.1) is 0 Å². The molecule has 1 aliphatic rings. The van der Waals surface area contributed by atoms with Crippen molar-refractivity contribution in [3.63, 3.8) is 0 Å². The minimum absolute atomic E-state index is 0.0182. The van der Waals surface area contributed by atoms with Crippen LogP contribution in [0.1, 0.15) is 20.3 Å². The molecular formula is C10H21NO2. The van der Waals surface area contributed by atoms with Crippen molar-refractivity contribution in [1.29, 1.82) is 0 Å². The number of aliphatic hydroxyl groups excluding tert-OH is 1. The minimum atomic E-state index is 0.0182. The van der Waals surface area contributed by atoms with Gasteiger partial charge >= 0.3 is 0 Å². The Kier molecular flexibility index (Phi) is 4.16. The quantitative estimate of drug-likeness (QED) is 0.707. The third-order valence-electron chi connectivity index (χ3n) is 2.39. The van der Waals surface area contributed by atoms with Gasteiger partial charge in [-0.2, -0.15) is 0 Å². The fourth-order valence-electron chi connectivity index (χ4n) is 1.61. The first-order valence-electron chi connectivity index (χ1n) is 5.05. The second kappa shape index (κ2) is 4.94. The van der Waals surface area contributed by atoms with Crippen molar-refractivity contribution in [1.82, 2.24) is 4.90 Å². The second-order valence-corrected chi connectivity index (χ2v) is 4.56. The van der Waals surface area contributed by atoms with E-state index in [9.17, 15) is 0 Å². The first kappa shape index (κ1) is 11.0. The van der Waals surface area contributed by atoms with Crippen LogP contribution in [0.2, 0.25) is 0 Å². The van der Waals surface area contributed by atoms with Gasteiger partial charge in [-0.05, 0) is 6.42 Å². The number of rotatable bonds is 3. The second-order valence-electron chi connectivity index (χ2n) is 4.56. The number of ether oxygens (including phenoxy) is 1. The molecule has 1 fully saturated rings. The van der Waals surface area contributed by atoms with Crippen LogP contribution in [0.3, 0.4) is 0 Å². The lowest BCUT2D eigenvalue weighted by molar-refractivity contribution is 0.0955. The molecule has 3 heteroatoms. The van der Waals surface area contributed by atoms with Gasteiger partial charge < -0.3 is 14.7 Å². The molecular weight excluding hydrogens is 166 g/mol. The zero-order chi connectivity index (χ0) is 9.73. The highest BCUT2D eigenvalue weighted by atomic mass is 16.5. The molecule has 78 valence electrons. The summed E-state index contributed by atoms with van der Waals surface area (Å²) in [6, 6.07) is 0. The molecule has 1 N–H and O–H groups in total. The van der Waals surface area contributed by atoms with Gasteiger partial charge in [-0.25, -0.2) is 0 Å². The Balaban J connectivity index is 2.33. The van der Waals surface area contributed by atoms with Crippen LogP contribution in [0.4, 0.5) is 0 Å². The summed E-state index contributed by atoms with van der Waals surface area (Å²) in [7, 11) is 0. The molecule has 0 aromatic heterocycles. The number of hydrogen-bond acceptors (Lipinski definition) is 3. The molecule has 1 heterocycles. The minimum Gasteiger partial charge on any atom is -0.396 e. The van der Waals surface area contributed by atoms with Gasteiger partial charge in [0.05, 0.1) is 6.61 Å². The molecule has 1 rings (SSSR count). The van der Waals surface area contributed by atoms with Crippen molar-refractivity contribution >= 4 is 0 Å². The maximum Gasteiger partial charge on any atom is 0.0593 e. The SMILES string of the molecule is CC(C)(CO)CN1CCCOCC1. The first-order valence-corrected chi connectivity index (χ1v) is 5.05. The molecule has 0 amide bonds. The lowest BCUT2D eigenvalue weighted by Gasteiger charge is -2.29. The van der Waals surface area contributed by atoms with Gasteiger partial charge in [0.2, 0.25) is 0 Å². The Morgan fingerprint density at radius 1 is 1.31 bits per heavy atom. The van der Waals surface area contributed by atoms with Crippen molar-refractivity contribution in [2.45, 2.75) is 20.3 Å². The molecule has 1 aliphatic heterocycles. The van der Waals surface area contributed by atoms with E-state index in [2.05, 4.69) is 18.7 Å². The average Bonchev–Trinajstić information content (AvgIpc) is 2.32. The van der Waals surface area contributed by atoms with Gasteiger partial charge in [0.15, 0.2) is 0 Å². The van der Waals surface area contributed by atoms with Gasteiger partial charge in [0.25, 0.3) is 0 Å². The Bertz CT molecular complexity index is 140. The van der Waals surface area contributed by atoms with E-state index in [0.717, 1.165) is 39.3 Å². The number of nitrogens with zero attached hydrogens (tertiary/aromatic N) is 1. The predicted octanol–water partition coefficient (Wildman–Crippen LogP) is 0.727. The Labute approximate surface area is 80.7 Å². The highest BCUT2D eigenvalue weighted by Crippen LogP contribution is 2.16. The van der Waals surface area contributed by atoms with Gasteiger partial charge in [-0.1, -0.05) is 13.8 Å². The van der Waals surface area contributed by atoms with E-state index in [1.54, 1.807) is 0 Å². The largest absolute Gasteiger partial charge is 0.396 e. The van der Waals surface area contributed by atoms with Crippen LogP contribution in [0.25, 0.3) is 0 Å². The van der Waals surface area contributed by atoms with E-state index in [1.165, 1.54) is 0 Å². The molecule has 0 aromatic rings. The summed E-state index contributed by atoms with van der Waals surface area (Å²) >= 11 is 0. The highest BCUT2D eigenvalue weighted by molar-refractivity contribution is 4.73. The molecule has 1 saturated heterocycles. The van der Waals surface area contributed by atoms with E-state index in [-0.39, 0.29) is 12.0 Å². The molecule has 0 radical (unpaired) electrons. The normalized spacial score (nSPS) is 21.5. The standard InChI is InChI=1S/C10H21NO2/c1-10(2,9-12)8-11-4-3-6-13-7-5-11/h12H,3-9H2,1-2H3. The third-order valence-corrected chi connectivity index (χ3v) is 2.39. The van der Waals surface area contributed by atoms with Crippen LogP contribution in [-0.2, 0) is 4.74 Å². The smallest absolute Gasteiger partial charge is 0.0593 e. The summed E-state index contributed by atoms with van der Waals surface area (Å²) in [4.78, 5) is 2.38. The molecule has 13 heavy (non-hydrogen) atoms. The zero-order valence-electron chi connectivity index (χ0n) is 8.75. The lowest BCUT2D eigenvalue weighted by atomic mass is 9.94. The van der Waals surface area contributed by atoms with Crippen LogP contribution in [-0.4, -0.2) is 49.5 Å². The Morgan fingerprint density at radius 3 is 2.77 bits per heavy atom. The molecule has 0 aliphatic carbocycles. The molecule has 0 spiro atoms. The van der Waals surface area contributed by atoms with Crippen molar-refractivity contribution in [2.75, 3.05) is 39.5 Å². The maximum atomic E-state index is 9.14. The lowest BCUT2D eigenvalue weighted by Crippen LogP contribution is -2.37. The average molecular weight is 187 g/mol. The summed E-state index contributed by atoms with van der Waals surface area (Å²) in [6.45, 7) is 9.24. The van der Waals surface area contributed by atoms with E-state index in [4.69, 9.17) is 9.84 Å². The fourth-order valence-corrected chi connectivity index (χ4v) is 1.61. The number of aliphatic hydroxyl groups is 1. The summed E-state index contributed by atoms with van der Waals surface area (Å²) in [5.74, 6) is 0. The topological polar surface area (TPSA) is 32.7 Å². The molecule has 0 unspecified atom stereocenters. The van der Waals surface area contributed by atoms with Crippen LogP contribution in [0.5, 0.6) is 0 Å². The van der Waals surface area contributed by atoms with Crippen molar-refractivity contribution in [3.8, 4) is 0 Å². The van der Waals surface area contributed by atoms with Crippen molar-refractivity contribution < 1.29 is 9.84 Å². The summed E-state index contributed by atoms with van der Waals surface area (Å²) in [5.41, 5.74) is 0.0182. The summed E-state index contributed by atoms with van der Waals surface area (Å²) < 4.78 is 5.37. The number of hydrogen-bond donors (Lipinski definition) is 1. The van der Waals surface area contributed by atoms with E-state index < -0.39 is 0 Å². The van der Waals surface area contributed by atoms with Gasteiger partial charge in [0.1, 0.15) is 0 Å². The van der Waals surface area contributed by atoms with Crippen LogP contribution in [0, 0.1) is 5.41 Å². The van der Waals surface area contributed by atoms with Crippen molar-refractivity contribution in [3.05, 3.63) is 0 Å². The molecule has 0 atom stereocenters. The monoisotopic (exact) mass is 187 g/mol. The van der Waals surface area contributed by atoms with Crippen LogP contribution in [0.15, 0.2) is 0 Å². The Morgan fingerprint density at radius 2 is 2.08 bits per heavy atom. The van der Waals surface area contributed by atoms with Gasteiger partial charge in [-0.3, -0.25) is 0 Å². The van der Waals surface area contributed by atoms with E-state index in [1.807, 2.05) is 0 Å². The third kappa shape index (κ3) is 4.07. The zero-order valence-corrected chi connectivity index (χ0v) is 8.75. The summed E-state index contributed by atoms with van der Waals surface area (Å²) in [6.07, 6.45) is 1.11. The Hall–Kier alpha value is -0.120. The fraction of sp³-hybridized carbons (Fsp3) is 1.00. The van der Waals surface area contributed by atoms with E-state index in [0.29, 0.717) is 0 Å². The van der Waals surface area contributed by atoms with Gasteiger partial charge in [0, 0.05) is 38.3 Å².